The lowest BCUT2D eigenvalue weighted by atomic mass is 10.0. The lowest BCUT2D eigenvalue weighted by Gasteiger charge is -2.36. The molecule has 2 aromatic rings. The first-order valence-corrected chi connectivity index (χ1v) is 8.95. The predicted octanol–water partition coefficient (Wildman–Crippen LogP) is 3.60. The average Bonchev–Trinajstić information content (AvgIpc) is 3.14. The fourth-order valence-corrected chi connectivity index (χ4v) is 3.26. The summed E-state index contributed by atoms with van der Waals surface area (Å²) in [6.45, 7) is 7.43. The van der Waals surface area contributed by atoms with Gasteiger partial charge in [-0.05, 0) is 45.2 Å². The number of carbonyl (C=O) groups is 1. The Balaban J connectivity index is 1.70. The Morgan fingerprint density at radius 1 is 1.16 bits per heavy atom. The van der Waals surface area contributed by atoms with E-state index in [1.54, 1.807) is 6.20 Å². The van der Waals surface area contributed by atoms with Crippen molar-refractivity contribution in [1.82, 2.24) is 14.7 Å². The molecule has 1 saturated heterocycles. The van der Waals surface area contributed by atoms with Crippen LogP contribution < -0.4 is 0 Å². The maximum atomic E-state index is 13.1. The molecule has 1 amide bonds. The van der Waals surface area contributed by atoms with Gasteiger partial charge in [-0.1, -0.05) is 30.3 Å². The molecule has 5 nitrogen and oxygen atoms in total. The Kier molecular flexibility index (Phi) is 5.23. The number of hydrogen-bond acceptors (Lipinski definition) is 3. The highest BCUT2D eigenvalue weighted by Gasteiger charge is 2.33. The van der Waals surface area contributed by atoms with Crippen LogP contribution in [-0.2, 0) is 9.53 Å². The molecule has 5 heteroatoms. The van der Waals surface area contributed by atoms with Gasteiger partial charge in [0.25, 0.3) is 5.91 Å². The summed E-state index contributed by atoms with van der Waals surface area (Å²) in [6.07, 6.45) is 5.09. The van der Waals surface area contributed by atoms with E-state index in [0.717, 1.165) is 31.5 Å². The van der Waals surface area contributed by atoms with Crippen molar-refractivity contribution in [2.75, 3.05) is 13.1 Å². The Morgan fingerprint density at radius 3 is 2.40 bits per heavy atom. The molecule has 25 heavy (non-hydrogen) atoms. The van der Waals surface area contributed by atoms with Crippen molar-refractivity contribution >= 4 is 5.91 Å². The van der Waals surface area contributed by atoms with E-state index < -0.39 is 6.10 Å². The lowest BCUT2D eigenvalue weighted by molar-refractivity contribution is -0.155. The summed E-state index contributed by atoms with van der Waals surface area (Å²) < 4.78 is 8.13. The molecule has 0 N–H and O–H groups in total. The van der Waals surface area contributed by atoms with Gasteiger partial charge in [0.2, 0.25) is 0 Å². The Morgan fingerprint density at radius 2 is 1.84 bits per heavy atom. The predicted molar refractivity (Wildman–Crippen MR) is 97.1 cm³/mol. The van der Waals surface area contributed by atoms with Crippen LogP contribution in [0.4, 0.5) is 0 Å². The van der Waals surface area contributed by atoms with Crippen LogP contribution in [0.5, 0.6) is 0 Å². The molecule has 0 bridgehead atoms. The number of hydrogen-bond donors (Lipinski definition) is 0. The van der Waals surface area contributed by atoms with E-state index in [0.29, 0.717) is 6.04 Å². The molecule has 0 radical (unpaired) electrons. The molecule has 1 fully saturated rings. The van der Waals surface area contributed by atoms with Crippen molar-refractivity contribution in [1.29, 1.82) is 0 Å². The number of amides is 1. The van der Waals surface area contributed by atoms with E-state index in [-0.39, 0.29) is 11.5 Å². The van der Waals surface area contributed by atoms with Crippen LogP contribution in [0.25, 0.3) is 0 Å². The van der Waals surface area contributed by atoms with Gasteiger partial charge in [0.15, 0.2) is 6.10 Å². The molecular formula is C20H27N3O2. The molecule has 2 heterocycles. The van der Waals surface area contributed by atoms with Gasteiger partial charge in [0.05, 0.1) is 11.6 Å². The summed E-state index contributed by atoms with van der Waals surface area (Å²) in [4.78, 5) is 15.1. The van der Waals surface area contributed by atoms with Crippen molar-refractivity contribution in [2.24, 2.45) is 0 Å². The molecule has 1 aliphatic rings. The Bertz CT molecular complexity index is 669. The number of nitrogens with zero attached hydrogens (tertiary/aromatic N) is 3. The quantitative estimate of drug-likeness (QED) is 0.853. The minimum atomic E-state index is -0.553. The highest BCUT2D eigenvalue weighted by molar-refractivity contribution is 5.82. The molecule has 134 valence electrons. The van der Waals surface area contributed by atoms with E-state index >= 15 is 0 Å². The first kappa shape index (κ1) is 17.7. The molecule has 0 saturated carbocycles. The maximum absolute atomic E-state index is 13.1. The number of rotatable bonds is 4. The van der Waals surface area contributed by atoms with Gasteiger partial charge in [0.1, 0.15) is 0 Å². The summed E-state index contributed by atoms with van der Waals surface area (Å²) in [7, 11) is 0. The van der Waals surface area contributed by atoms with Gasteiger partial charge in [-0.3, -0.25) is 9.48 Å². The van der Waals surface area contributed by atoms with Gasteiger partial charge in [-0.2, -0.15) is 5.10 Å². The summed E-state index contributed by atoms with van der Waals surface area (Å²) >= 11 is 0. The maximum Gasteiger partial charge on any atom is 0.256 e. The van der Waals surface area contributed by atoms with Crippen LogP contribution in [0.1, 0.15) is 51.3 Å². The van der Waals surface area contributed by atoms with Crippen molar-refractivity contribution in [3.8, 4) is 0 Å². The molecule has 0 spiro atoms. The SMILES string of the molecule is CC(C)(C)O[C@@H](C(=O)N1CCC(n2cccn2)CC1)c1ccccc1. The largest absolute Gasteiger partial charge is 0.358 e. The van der Waals surface area contributed by atoms with E-state index in [1.807, 2.05) is 72.9 Å². The van der Waals surface area contributed by atoms with E-state index in [1.165, 1.54) is 0 Å². The fraction of sp³-hybridized carbons (Fsp3) is 0.500. The second-order valence-corrected chi connectivity index (χ2v) is 7.56. The molecule has 1 atom stereocenters. The fourth-order valence-electron chi connectivity index (χ4n) is 3.26. The van der Waals surface area contributed by atoms with Crippen molar-refractivity contribution in [3.63, 3.8) is 0 Å². The van der Waals surface area contributed by atoms with Crippen molar-refractivity contribution in [3.05, 3.63) is 54.4 Å². The van der Waals surface area contributed by atoms with Gasteiger partial charge in [-0.15, -0.1) is 0 Å². The summed E-state index contributed by atoms with van der Waals surface area (Å²) in [6, 6.07) is 12.1. The third kappa shape index (κ3) is 4.48. The number of carbonyl (C=O) groups excluding carboxylic acids is 1. The van der Waals surface area contributed by atoms with Crippen molar-refractivity contribution < 1.29 is 9.53 Å². The monoisotopic (exact) mass is 341 g/mol. The highest BCUT2D eigenvalue weighted by atomic mass is 16.5. The second-order valence-electron chi connectivity index (χ2n) is 7.56. The molecule has 3 rings (SSSR count). The molecule has 0 aliphatic carbocycles. The molecule has 1 aliphatic heterocycles. The zero-order chi connectivity index (χ0) is 17.9. The van der Waals surface area contributed by atoms with E-state index in [9.17, 15) is 4.79 Å². The van der Waals surface area contributed by atoms with Gasteiger partial charge >= 0.3 is 0 Å². The van der Waals surface area contributed by atoms with Gasteiger partial charge in [0, 0.05) is 25.5 Å². The van der Waals surface area contributed by atoms with Gasteiger partial charge < -0.3 is 9.64 Å². The molecule has 0 unspecified atom stereocenters. The molecular weight excluding hydrogens is 314 g/mol. The number of aromatic nitrogens is 2. The molecule has 1 aromatic carbocycles. The average molecular weight is 341 g/mol. The summed E-state index contributed by atoms with van der Waals surface area (Å²) in [5, 5.41) is 4.33. The van der Waals surface area contributed by atoms with Crippen LogP contribution in [0.15, 0.2) is 48.8 Å². The zero-order valence-electron chi connectivity index (χ0n) is 15.3. The third-order valence-electron chi connectivity index (χ3n) is 4.47. The minimum absolute atomic E-state index is 0.0556. The zero-order valence-corrected chi connectivity index (χ0v) is 15.3. The first-order valence-electron chi connectivity index (χ1n) is 8.95. The van der Waals surface area contributed by atoms with Crippen LogP contribution in [0.3, 0.4) is 0 Å². The summed E-state index contributed by atoms with van der Waals surface area (Å²) in [5.41, 5.74) is 0.528. The van der Waals surface area contributed by atoms with Crippen LogP contribution >= 0.6 is 0 Å². The first-order chi connectivity index (χ1) is 11.9. The third-order valence-corrected chi connectivity index (χ3v) is 4.47. The number of ether oxygens (including phenoxy) is 1. The Hall–Kier alpha value is -2.14. The topological polar surface area (TPSA) is 47.4 Å². The van der Waals surface area contributed by atoms with Crippen LogP contribution in [0, 0.1) is 0 Å². The summed E-state index contributed by atoms with van der Waals surface area (Å²) in [5.74, 6) is 0.0556. The van der Waals surface area contributed by atoms with E-state index in [2.05, 4.69) is 5.10 Å². The standard InChI is InChI=1S/C20H27N3O2/c1-20(2,3)25-18(16-8-5-4-6-9-16)19(24)22-14-10-17(11-15-22)23-13-7-12-21-23/h4-9,12-13,17-18H,10-11,14-15H2,1-3H3/t18-/m1/s1. The normalized spacial score (nSPS) is 17.5. The number of piperidine rings is 1. The highest BCUT2D eigenvalue weighted by Crippen LogP contribution is 2.29. The lowest BCUT2D eigenvalue weighted by Crippen LogP contribution is -2.43. The molecule has 1 aromatic heterocycles. The second kappa shape index (κ2) is 7.40. The van der Waals surface area contributed by atoms with Crippen LogP contribution in [-0.4, -0.2) is 39.3 Å². The minimum Gasteiger partial charge on any atom is -0.358 e. The van der Waals surface area contributed by atoms with Gasteiger partial charge in [-0.25, -0.2) is 0 Å². The number of benzene rings is 1. The number of likely N-dealkylation sites (tertiary alicyclic amines) is 1. The van der Waals surface area contributed by atoms with Crippen molar-refractivity contribution in [2.45, 2.75) is 51.4 Å². The Labute approximate surface area is 149 Å². The van der Waals surface area contributed by atoms with Crippen LogP contribution in [0.2, 0.25) is 0 Å². The van der Waals surface area contributed by atoms with E-state index in [4.69, 9.17) is 4.74 Å². The smallest absolute Gasteiger partial charge is 0.256 e.